The topological polar surface area (TPSA) is 55.4 Å². The van der Waals surface area contributed by atoms with Gasteiger partial charge >= 0.3 is 0 Å². The molecule has 21 heavy (non-hydrogen) atoms. The molecule has 0 saturated heterocycles. The van der Waals surface area contributed by atoms with E-state index >= 15 is 0 Å². The van der Waals surface area contributed by atoms with Gasteiger partial charge in [-0.25, -0.2) is 0 Å². The Bertz CT molecular complexity index is 630. The maximum Gasteiger partial charge on any atom is 0.221 e. The van der Waals surface area contributed by atoms with Crippen molar-refractivity contribution in [1.82, 2.24) is 0 Å². The first-order valence-electron chi connectivity index (χ1n) is 6.62. The second-order valence-corrected chi connectivity index (χ2v) is 4.71. The molecule has 0 aliphatic heterocycles. The molecule has 0 fully saturated rings. The van der Waals surface area contributed by atoms with Gasteiger partial charge in [-0.1, -0.05) is 12.1 Å². The highest BCUT2D eigenvalue weighted by atomic mass is 16.5. The van der Waals surface area contributed by atoms with Crippen molar-refractivity contribution in [2.75, 3.05) is 12.4 Å². The van der Waals surface area contributed by atoms with Gasteiger partial charge in [0.25, 0.3) is 0 Å². The van der Waals surface area contributed by atoms with Crippen molar-refractivity contribution in [3.63, 3.8) is 0 Å². The number of anilines is 1. The molecule has 4 heteroatoms. The van der Waals surface area contributed by atoms with Crippen molar-refractivity contribution in [2.24, 2.45) is 0 Å². The van der Waals surface area contributed by atoms with Gasteiger partial charge < -0.3 is 10.1 Å². The Morgan fingerprint density at radius 1 is 1.00 bits per heavy atom. The van der Waals surface area contributed by atoms with Gasteiger partial charge in [-0.05, 0) is 42.0 Å². The Morgan fingerprint density at radius 3 is 2.14 bits per heavy atom. The summed E-state index contributed by atoms with van der Waals surface area (Å²) in [7, 11) is 1.61. The van der Waals surface area contributed by atoms with E-state index in [4.69, 9.17) is 4.74 Å². The fraction of sp³-hybridized carbons (Fsp3) is 0.176. The van der Waals surface area contributed by atoms with Crippen LogP contribution in [0.1, 0.15) is 22.8 Å². The van der Waals surface area contributed by atoms with Crippen LogP contribution in [0.15, 0.2) is 48.5 Å². The molecule has 0 aliphatic rings. The van der Waals surface area contributed by atoms with Gasteiger partial charge in [0, 0.05) is 24.6 Å². The van der Waals surface area contributed by atoms with Crippen LogP contribution in [0.25, 0.3) is 0 Å². The lowest BCUT2D eigenvalue weighted by atomic mass is 10.0. The number of benzene rings is 2. The summed E-state index contributed by atoms with van der Waals surface area (Å²) in [6.45, 7) is 1.45. The van der Waals surface area contributed by atoms with Crippen LogP contribution >= 0.6 is 0 Å². The number of ketones is 1. The van der Waals surface area contributed by atoms with E-state index in [-0.39, 0.29) is 11.7 Å². The quantitative estimate of drug-likeness (QED) is 0.858. The molecule has 0 unspecified atom stereocenters. The SMILES string of the molecule is COc1ccc(CC(=O)c2ccc(NC(C)=O)cc2)cc1. The number of methoxy groups -OCH3 is 1. The highest BCUT2D eigenvalue weighted by Crippen LogP contribution is 2.15. The van der Waals surface area contributed by atoms with E-state index in [9.17, 15) is 9.59 Å². The molecule has 1 amide bonds. The molecule has 0 radical (unpaired) electrons. The Hall–Kier alpha value is -2.62. The molecule has 2 rings (SSSR count). The smallest absolute Gasteiger partial charge is 0.221 e. The Morgan fingerprint density at radius 2 is 1.62 bits per heavy atom. The van der Waals surface area contributed by atoms with Gasteiger partial charge in [0.05, 0.1) is 7.11 Å². The second kappa shape index (κ2) is 6.70. The maximum absolute atomic E-state index is 12.2. The third-order valence-corrected chi connectivity index (χ3v) is 3.05. The molecule has 0 bridgehead atoms. The fourth-order valence-corrected chi connectivity index (χ4v) is 1.97. The van der Waals surface area contributed by atoms with E-state index in [0.717, 1.165) is 11.3 Å². The highest BCUT2D eigenvalue weighted by Gasteiger charge is 2.07. The summed E-state index contributed by atoms with van der Waals surface area (Å²) in [6.07, 6.45) is 0.337. The zero-order valence-electron chi connectivity index (χ0n) is 12.1. The van der Waals surface area contributed by atoms with Crippen LogP contribution in [0.3, 0.4) is 0 Å². The molecule has 108 valence electrons. The van der Waals surface area contributed by atoms with Gasteiger partial charge in [0.15, 0.2) is 5.78 Å². The normalized spacial score (nSPS) is 10.0. The first-order chi connectivity index (χ1) is 10.1. The number of nitrogens with one attached hydrogen (secondary N) is 1. The van der Waals surface area contributed by atoms with Crippen molar-refractivity contribution in [3.05, 3.63) is 59.7 Å². The molecular weight excluding hydrogens is 266 g/mol. The largest absolute Gasteiger partial charge is 0.497 e. The van der Waals surface area contributed by atoms with E-state index in [0.29, 0.717) is 17.7 Å². The van der Waals surface area contributed by atoms with Crippen LogP contribution in [-0.4, -0.2) is 18.8 Å². The molecule has 0 aliphatic carbocycles. The first kappa shape index (κ1) is 14.8. The third kappa shape index (κ3) is 4.18. The zero-order chi connectivity index (χ0) is 15.2. The average Bonchev–Trinajstić information content (AvgIpc) is 2.48. The average molecular weight is 283 g/mol. The summed E-state index contributed by atoms with van der Waals surface area (Å²) >= 11 is 0. The van der Waals surface area contributed by atoms with Gasteiger partial charge in [-0.3, -0.25) is 9.59 Å². The lowest BCUT2D eigenvalue weighted by molar-refractivity contribution is -0.114. The van der Waals surface area contributed by atoms with E-state index in [1.54, 1.807) is 31.4 Å². The zero-order valence-corrected chi connectivity index (χ0v) is 12.1. The summed E-state index contributed by atoms with van der Waals surface area (Å²) in [5, 5.41) is 2.67. The van der Waals surface area contributed by atoms with Crippen molar-refractivity contribution in [1.29, 1.82) is 0 Å². The summed E-state index contributed by atoms with van der Waals surface area (Å²) in [5.74, 6) is 0.674. The minimum Gasteiger partial charge on any atom is -0.497 e. The predicted octanol–water partition coefficient (Wildman–Crippen LogP) is 3.08. The Kier molecular flexibility index (Phi) is 4.72. The van der Waals surface area contributed by atoms with Crippen LogP contribution in [0.5, 0.6) is 5.75 Å². The second-order valence-electron chi connectivity index (χ2n) is 4.71. The minimum atomic E-state index is -0.132. The third-order valence-electron chi connectivity index (χ3n) is 3.05. The number of amides is 1. The van der Waals surface area contributed by atoms with E-state index < -0.39 is 0 Å². The molecule has 0 atom stereocenters. The summed E-state index contributed by atoms with van der Waals surface area (Å²) in [5.41, 5.74) is 2.25. The molecule has 4 nitrogen and oxygen atoms in total. The van der Waals surface area contributed by atoms with E-state index in [1.807, 2.05) is 24.3 Å². The highest BCUT2D eigenvalue weighted by molar-refractivity contribution is 5.98. The lowest BCUT2D eigenvalue weighted by Crippen LogP contribution is -2.07. The Labute approximate surface area is 123 Å². The lowest BCUT2D eigenvalue weighted by Gasteiger charge is -2.05. The van der Waals surface area contributed by atoms with Gasteiger partial charge in [-0.15, -0.1) is 0 Å². The fourth-order valence-electron chi connectivity index (χ4n) is 1.97. The van der Waals surface area contributed by atoms with Crippen LogP contribution in [0, 0.1) is 0 Å². The predicted molar refractivity (Wildman–Crippen MR) is 81.8 cm³/mol. The minimum absolute atomic E-state index is 0.0366. The molecule has 1 N–H and O–H groups in total. The number of Topliss-reactive ketones (excluding diaryl/α,β-unsaturated/α-hetero) is 1. The van der Waals surface area contributed by atoms with Crippen molar-refractivity contribution >= 4 is 17.4 Å². The van der Waals surface area contributed by atoms with Gasteiger partial charge in [0.2, 0.25) is 5.91 Å². The molecule has 2 aromatic carbocycles. The van der Waals surface area contributed by atoms with E-state index in [1.165, 1.54) is 6.92 Å². The van der Waals surface area contributed by atoms with Gasteiger partial charge in [-0.2, -0.15) is 0 Å². The monoisotopic (exact) mass is 283 g/mol. The maximum atomic E-state index is 12.2. The number of carbonyl (C=O) groups excluding carboxylic acids is 2. The van der Waals surface area contributed by atoms with Gasteiger partial charge in [0.1, 0.15) is 5.75 Å². The number of carbonyl (C=O) groups is 2. The van der Waals surface area contributed by atoms with Crippen LogP contribution in [0.4, 0.5) is 5.69 Å². The molecular formula is C17H17NO3. The van der Waals surface area contributed by atoms with Crippen LogP contribution in [0.2, 0.25) is 0 Å². The van der Waals surface area contributed by atoms with Crippen LogP contribution in [-0.2, 0) is 11.2 Å². The molecule has 0 saturated carbocycles. The Balaban J connectivity index is 2.03. The molecule has 2 aromatic rings. The summed E-state index contributed by atoms with van der Waals surface area (Å²) in [4.78, 5) is 23.1. The number of hydrogen-bond donors (Lipinski definition) is 1. The standard InChI is InChI=1S/C17H17NO3/c1-12(19)18-15-7-5-14(6-8-15)17(20)11-13-3-9-16(21-2)10-4-13/h3-10H,11H2,1-2H3,(H,18,19). The van der Waals surface area contributed by atoms with Crippen molar-refractivity contribution < 1.29 is 14.3 Å². The summed E-state index contributed by atoms with van der Waals surface area (Å²) in [6, 6.07) is 14.3. The first-order valence-corrected chi connectivity index (χ1v) is 6.62. The summed E-state index contributed by atoms with van der Waals surface area (Å²) < 4.78 is 5.08. The number of ether oxygens (including phenoxy) is 1. The van der Waals surface area contributed by atoms with Crippen molar-refractivity contribution in [2.45, 2.75) is 13.3 Å². The van der Waals surface area contributed by atoms with Crippen LogP contribution < -0.4 is 10.1 Å². The molecule has 0 spiro atoms. The van der Waals surface area contributed by atoms with E-state index in [2.05, 4.69) is 5.32 Å². The number of hydrogen-bond acceptors (Lipinski definition) is 3. The molecule has 0 heterocycles. The number of rotatable bonds is 5. The van der Waals surface area contributed by atoms with Crippen molar-refractivity contribution in [3.8, 4) is 5.75 Å². The molecule has 0 aromatic heterocycles.